The van der Waals surface area contributed by atoms with Crippen molar-refractivity contribution in [1.82, 2.24) is 4.90 Å². The fraction of sp³-hybridized carbons (Fsp3) is 0.455. The quantitative estimate of drug-likeness (QED) is 0.861. The zero-order chi connectivity index (χ0) is 10.8. The number of halogens is 2. The third-order valence-corrected chi connectivity index (χ3v) is 3.23. The zero-order valence-electron chi connectivity index (χ0n) is 8.63. The molecule has 0 spiro atoms. The lowest BCUT2D eigenvalue weighted by Gasteiger charge is -2.15. The minimum Gasteiger partial charge on any atom is -0.380 e. The number of hydrogen-bond acceptors (Lipinski definition) is 2. The van der Waals surface area contributed by atoms with E-state index in [1.165, 1.54) is 0 Å². The van der Waals surface area contributed by atoms with Gasteiger partial charge in [0.1, 0.15) is 0 Å². The maximum atomic E-state index is 6.08. The average Bonchev–Trinajstić information content (AvgIpc) is 2.56. The van der Waals surface area contributed by atoms with Crippen molar-refractivity contribution in [3.05, 3.63) is 28.2 Å². The van der Waals surface area contributed by atoms with Crippen molar-refractivity contribution in [3.8, 4) is 0 Å². The highest BCUT2D eigenvalue weighted by Gasteiger charge is 2.19. The zero-order valence-corrected chi connectivity index (χ0v) is 10.1. The second kappa shape index (κ2) is 4.60. The van der Waals surface area contributed by atoms with Crippen molar-refractivity contribution < 1.29 is 0 Å². The molecule has 1 atom stereocenters. The van der Waals surface area contributed by atoms with E-state index >= 15 is 0 Å². The Bertz CT molecular complexity index is 354. The number of likely N-dealkylation sites (tertiary alicyclic amines) is 1. The number of nitrogens with zero attached hydrogens (tertiary/aromatic N) is 1. The van der Waals surface area contributed by atoms with E-state index in [9.17, 15) is 0 Å². The Morgan fingerprint density at radius 3 is 2.80 bits per heavy atom. The highest BCUT2D eigenvalue weighted by Crippen LogP contribution is 2.27. The SMILES string of the molecule is CN1CCC(Nc2ccc(Cl)cc2Cl)C1. The summed E-state index contributed by atoms with van der Waals surface area (Å²) in [6.07, 6.45) is 1.16. The molecule has 1 aliphatic rings. The molecule has 0 aliphatic carbocycles. The lowest BCUT2D eigenvalue weighted by Crippen LogP contribution is -2.23. The summed E-state index contributed by atoms with van der Waals surface area (Å²) in [4.78, 5) is 2.31. The largest absolute Gasteiger partial charge is 0.380 e. The molecule has 1 N–H and O–H groups in total. The molecule has 82 valence electrons. The van der Waals surface area contributed by atoms with Gasteiger partial charge in [-0.15, -0.1) is 0 Å². The summed E-state index contributed by atoms with van der Waals surface area (Å²) in [5.74, 6) is 0. The summed E-state index contributed by atoms with van der Waals surface area (Å²) in [6.45, 7) is 2.21. The molecule has 0 saturated carbocycles. The van der Waals surface area contributed by atoms with Gasteiger partial charge in [0.15, 0.2) is 0 Å². The van der Waals surface area contributed by atoms with E-state index in [2.05, 4.69) is 17.3 Å². The van der Waals surface area contributed by atoms with Gasteiger partial charge >= 0.3 is 0 Å². The summed E-state index contributed by atoms with van der Waals surface area (Å²) < 4.78 is 0. The maximum Gasteiger partial charge on any atom is 0.0652 e. The Hall–Kier alpha value is -0.440. The lowest BCUT2D eigenvalue weighted by molar-refractivity contribution is 0.414. The first kappa shape index (κ1) is 11.1. The van der Waals surface area contributed by atoms with Crippen molar-refractivity contribution >= 4 is 28.9 Å². The Labute approximate surface area is 100 Å². The van der Waals surface area contributed by atoms with Crippen LogP contribution in [0.1, 0.15) is 6.42 Å². The van der Waals surface area contributed by atoms with Gasteiger partial charge in [-0.3, -0.25) is 0 Å². The summed E-state index contributed by atoms with van der Waals surface area (Å²) in [6, 6.07) is 6.05. The van der Waals surface area contributed by atoms with Crippen LogP contribution >= 0.6 is 23.2 Å². The standard InChI is InChI=1S/C11H14Cl2N2/c1-15-5-4-9(7-15)14-11-3-2-8(12)6-10(11)13/h2-3,6,9,14H,4-5,7H2,1H3. The molecule has 1 heterocycles. The summed E-state index contributed by atoms with van der Waals surface area (Å²) >= 11 is 11.9. The summed E-state index contributed by atoms with van der Waals surface area (Å²) in [5, 5.41) is 4.80. The van der Waals surface area contributed by atoms with Crippen molar-refractivity contribution in [2.45, 2.75) is 12.5 Å². The first-order chi connectivity index (χ1) is 7.15. The first-order valence-electron chi connectivity index (χ1n) is 5.05. The van der Waals surface area contributed by atoms with E-state index < -0.39 is 0 Å². The van der Waals surface area contributed by atoms with Crippen molar-refractivity contribution in [1.29, 1.82) is 0 Å². The van der Waals surface area contributed by atoms with Gasteiger partial charge in [0, 0.05) is 17.6 Å². The van der Waals surface area contributed by atoms with Crippen LogP contribution in [0.3, 0.4) is 0 Å². The molecule has 0 bridgehead atoms. The van der Waals surface area contributed by atoms with E-state index in [0.29, 0.717) is 16.1 Å². The van der Waals surface area contributed by atoms with Crippen molar-refractivity contribution in [3.63, 3.8) is 0 Å². The fourth-order valence-electron chi connectivity index (χ4n) is 1.88. The number of benzene rings is 1. The van der Waals surface area contributed by atoms with Crippen molar-refractivity contribution in [2.75, 3.05) is 25.5 Å². The average molecular weight is 245 g/mol. The third-order valence-electron chi connectivity index (χ3n) is 2.68. The first-order valence-corrected chi connectivity index (χ1v) is 5.81. The van der Waals surface area contributed by atoms with Crippen LogP contribution in [0.4, 0.5) is 5.69 Å². The normalized spacial score (nSPS) is 21.9. The van der Waals surface area contributed by atoms with E-state index in [0.717, 1.165) is 25.2 Å². The molecule has 4 heteroatoms. The highest BCUT2D eigenvalue weighted by molar-refractivity contribution is 6.36. The van der Waals surface area contributed by atoms with E-state index in [1.807, 2.05) is 12.1 Å². The number of anilines is 1. The summed E-state index contributed by atoms with van der Waals surface area (Å²) in [7, 11) is 2.13. The fourth-order valence-corrected chi connectivity index (χ4v) is 2.34. The van der Waals surface area contributed by atoms with Crippen LogP contribution < -0.4 is 5.32 Å². The predicted octanol–water partition coefficient (Wildman–Crippen LogP) is 3.11. The van der Waals surface area contributed by atoms with Crippen LogP contribution in [0.15, 0.2) is 18.2 Å². The molecular formula is C11H14Cl2N2. The predicted molar refractivity (Wildman–Crippen MR) is 66.0 cm³/mol. The molecule has 2 rings (SSSR count). The van der Waals surface area contributed by atoms with Gasteiger partial charge < -0.3 is 10.2 Å². The Balaban J connectivity index is 2.04. The molecule has 2 nitrogen and oxygen atoms in total. The van der Waals surface area contributed by atoms with Gasteiger partial charge in [0.2, 0.25) is 0 Å². The van der Waals surface area contributed by atoms with Gasteiger partial charge in [-0.25, -0.2) is 0 Å². The maximum absolute atomic E-state index is 6.08. The molecule has 15 heavy (non-hydrogen) atoms. The smallest absolute Gasteiger partial charge is 0.0652 e. The molecule has 1 aromatic carbocycles. The van der Waals surface area contributed by atoms with Crippen LogP contribution in [-0.4, -0.2) is 31.1 Å². The van der Waals surface area contributed by atoms with Crippen LogP contribution in [0.25, 0.3) is 0 Å². The van der Waals surface area contributed by atoms with Gasteiger partial charge in [-0.05, 0) is 38.2 Å². The summed E-state index contributed by atoms with van der Waals surface area (Å²) in [5.41, 5.74) is 0.973. The minimum absolute atomic E-state index is 0.494. The van der Waals surface area contributed by atoms with Crippen LogP contribution in [0, 0.1) is 0 Å². The molecule has 1 saturated heterocycles. The van der Waals surface area contributed by atoms with Crippen LogP contribution in [-0.2, 0) is 0 Å². The number of likely N-dealkylation sites (N-methyl/N-ethyl adjacent to an activating group) is 1. The van der Waals surface area contributed by atoms with Gasteiger partial charge in [0.05, 0.1) is 10.7 Å². The molecule has 0 amide bonds. The molecule has 1 unspecified atom stereocenters. The monoisotopic (exact) mass is 244 g/mol. The van der Waals surface area contributed by atoms with E-state index in [-0.39, 0.29) is 0 Å². The number of hydrogen-bond donors (Lipinski definition) is 1. The molecule has 1 fully saturated rings. The molecular weight excluding hydrogens is 231 g/mol. The second-order valence-electron chi connectivity index (χ2n) is 4.02. The minimum atomic E-state index is 0.494. The highest BCUT2D eigenvalue weighted by atomic mass is 35.5. The van der Waals surface area contributed by atoms with Gasteiger partial charge in [0.25, 0.3) is 0 Å². The Morgan fingerprint density at radius 1 is 1.40 bits per heavy atom. The second-order valence-corrected chi connectivity index (χ2v) is 4.86. The van der Waals surface area contributed by atoms with Gasteiger partial charge in [-0.1, -0.05) is 23.2 Å². The number of rotatable bonds is 2. The Kier molecular flexibility index (Phi) is 3.39. The van der Waals surface area contributed by atoms with Crippen molar-refractivity contribution in [2.24, 2.45) is 0 Å². The van der Waals surface area contributed by atoms with Crippen LogP contribution in [0.5, 0.6) is 0 Å². The molecule has 1 aromatic rings. The number of nitrogens with one attached hydrogen (secondary N) is 1. The molecule has 0 radical (unpaired) electrons. The van der Waals surface area contributed by atoms with Crippen LogP contribution in [0.2, 0.25) is 10.0 Å². The molecule has 1 aliphatic heterocycles. The Morgan fingerprint density at radius 2 is 2.20 bits per heavy atom. The topological polar surface area (TPSA) is 15.3 Å². The van der Waals surface area contributed by atoms with Gasteiger partial charge in [-0.2, -0.15) is 0 Å². The lowest BCUT2D eigenvalue weighted by atomic mass is 10.2. The van der Waals surface area contributed by atoms with E-state index in [1.54, 1.807) is 6.07 Å². The third kappa shape index (κ3) is 2.77. The van der Waals surface area contributed by atoms with E-state index in [4.69, 9.17) is 23.2 Å². The molecule has 0 aromatic heterocycles.